The third kappa shape index (κ3) is 5.06. The largest absolute Gasteiger partial charge is 0.493 e. The number of halogens is 1. The number of hydrogen-bond acceptors (Lipinski definition) is 3. The van der Waals surface area contributed by atoms with Gasteiger partial charge in [0.1, 0.15) is 5.75 Å². The summed E-state index contributed by atoms with van der Waals surface area (Å²) in [6.45, 7) is 4.16. The second-order valence-electron chi connectivity index (χ2n) is 7.56. The number of anilines is 1. The second kappa shape index (κ2) is 9.94. The molecular weight excluding hydrogens is 372 g/mol. The van der Waals surface area contributed by atoms with Crippen molar-refractivity contribution in [2.45, 2.75) is 38.0 Å². The van der Waals surface area contributed by atoms with Gasteiger partial charge in [-0.1, -0.05) is 36.4 Å². The lowest BCUT2D eigenvalue weighted by Crippen LogP contribution is -2.34. The van der Waals surface area contributed by atoms with E-state index in [0.29, 0.717) is 12.3 Å². The van der Waals surface area contributed by atoms with Crippen molar-refractivity contribution in [1.29, 1.82) is 0 Å². The molecule has 0 spiro atoms. The SMILES string of the molecule is Cl.O=C1CCc2c(cccc2OCCCN2CCC(c3ccccc3)CC2)N1. The van der Waals surface area contributed by atoms with E-state index < -0.39 is 0 Å². The third-order valence-corrected chi connectivity index (χ3v) is 5.74. The predicted octanol–water partition coefficient (Wildman–Crippen LogP) is 4.64. The predicted molar refractivity (Wildman–Crippen MR) is 116 cm³/mol. The van der Waals surface area contributed by atoms with Gasteiger partial charge in [0.2, 0.25) is 5.91 Å². The van der Waals surface area contributed by atoms with Crippen molar-refractivity contribution in [3.8, 4) is 5.75 Å². The molecule has 2 aliphatic heterocycles. The first kappa shape index (κ1) is 20.7. The first-order chi connectivity index (χ1) is 13.3. The lowest BCUT2D eigenvalue weighted by Gasteiger charge is -2.32. The first-order valence-electron chi connectivity index (χ1n) is 10.1. The maximum atomic E-state index is 11.5. The Morgan fingerprint density at radius 1 is 1.00 bits per heavy atom. The van der Waals surface area contributed by atoms with Crippen LogP contribution in [-0.2, 0) is 11.2 Å². The van der Waals surface area contributed by atoms with E-state index in [0.717, 1.165) is 43.0 Å². The Hall–Kier alpha value is -2.04. The summed E-state index contributed by atoms with van der Waals surface area (Å²) in [6.07, 6.45) is 4.84. The average Bonchev–Trinajstić information content (AvgIpc) is 2.72. The van der Waals surface area contributed by atoms with Gasteiger partial charge < -0.3 is 15.0 Å². The van der Waals surface area contributed by atoms with Crippen LogP contribution in [0, 0.1) is 0 Å². The van der Waals surface area contributed by atoms with Gasteiger partial charge in [-0.2, -0.15) is 0 Å². The Morgan fingerprint density at radius 2 is 1.79 bits per heavy atom. The van der Waals surface area contributed by atoms with Crippen molar-refractivity contribution in [2.75, 3.05) is 31.6 Å². The van der Waals surface area contributed by atoms with Crippen molar-refractivity contribution in [3.05, 3.63) is 59.7 Å². The number of amides is 1. The Kier molecular flexibility index (Phi) is 7.35. The summed E-state index contributed by atoms with van der Waals surface area (Å²) < 4.78 is 6.04. The standard InChI is InChI=1S/C23H28N2O2.ClH/c26-23-11-10-20-21(24-23)8-4-9-22(20)27-17-5-14-25-15-12-19(13-16-25)18-6-2-1-3-7-18;/h1-4,6-9,19H,5,10-17H2,(H,24,26);1H. The van der Waals surface area contributed by atoms with Crippen molar-refractivity contribution >= 4 is 24.0 Å². The maximum absolute atomic E-state index is 11.5. The smallest absolute Gasteiger partial charge is 0.224 e. The highest BCUT2D eigenvalue weighted by Crippen LogP contribution is 2.31. The normalized spacial score (nSPS) is 17.4. The number of piperidine rings is 1. The van der Waals surface area contributed by atoms with Crippen LogP contribution in [0.25, 0.3) is 0 Å². The van der Waals surface area contributed by atoms with Gasteiger partial charge in [-0.25, -0.2) is 0 Å². The quantitative estimate of drug-likeness (QED) is 0.718. The molecule has 5 heteroatoms. The van der Waals surface area contributed by atoms with Gasteiger partial charge >= 0.3 is 0 Å². The average molecular weight is 401 g/mol. The topological polar surface area (TPSA) is 41.6 Å². The number of rotatable bonds is 6. The molecule has 0 aliphatic carbocycles. The molecule has 2 aromatic rings. The third-order valence-electron chi connectivity index (χ3n) is 5.74. The molecule has 1 N–H and O–H groups in total. The van der Waals surface area contributed by atoms with Gasteiger partial charge in [-0.05, 0) is 62.4 Å². The van der Waals surface area contributed by atoms with Crippen molar-refractivity contribution in [1.82, 2.24) is 4.90 Å². The number of hydrogen-bond donors (Lipinski definition) is 1. The molecule has 28 heavy (non-hydrogen) atoms. The number of ether oxygens (including phenoxy) is 1. The summed E-state index contributed by atoms with van der Waals surface area (Å²) in [5, 5.41) is 2.93. The van der Waals surface area contributed by atoms with Gasteiger partial charge in [-0.3, -0.25) is 4.79 Å². The Morgan fingerprint density at radius 3 is 2.57 bits per heavy atom. The van der Waals surface area contributed by atoms with E-state index in [4.69, 9.17) is 4.74 Å². The molecule has 1 fully saturated rings. The number of nitrogens with one attached hydrogen (secondary N) is 1. The number of nitrogens with zero attached hydrogens (tertiary/aromatic N) is 1. The number of carbonyl (C=O) groups is 1. The van der Waals surface area contributed by atoms with E-state index in [1.54, 1.807) is 0 Å². The van der Waals surface area contributed by atoms with Crippen LogP contribution in [0.4, 0.5) is 5.69 Å². The van der Waals surface area contributed by atoms with Crippen LogP contribution >= 0.6 is 12.4 Å². The van der Waals surface area contributed by atoms with Crippen molar-refractivity contribution in [3.63, 3.8) is 0 Å². The molecule has 150 valence electrons. The Labute approximate surface area is 173 Å². The molecule has 1 amide bonds. The maximum Gasteiger partial charge on any atom is 0.224 e. The van der Waals surface area contributed by atoms with Crippen LogP contribution in [-0.4, -0.2) is 37.0 Å². The van der Waals surface area contributed by atoms with Crippen LogP contribution in [0.15, 0.2) is 48.5 Å². The van der Waals surface area contributed by atoms with Crippen LogP contribution in [0.3, 0.4) is 0 Å². The van der Waals surface area contributed by atoms with Gasteiger partial charge in [0.25, 0.3) is 0 Å². The summed E-state index contributed by atoms with van der Waals surface area (Å²) in [5.41, 5.74) is 3.54. The highest BCUT2D eigenvalue weighted by molar-refractivity contribution is 5.94. The highest BCUT2D eigenvalue weighted by Gasteiger charge is 2.20. The minimum atomic E-state index is 0. The number of benzene rings is 2. The molecule has 0 atom stereocenters. The molecule has 0 bridgehead atoms. The number of likely N-dealkylation sites (tertiary alicyclic amines) is 1. The molecular formula is C23H29ClN2O2. The lowest BCUT2D eigenvalue weighted by molar-refractivity contribution is -0.116. The molecule has 4 nitrogen and oxygen atoms in total. The molecule has 0 unspecified atom stereocenters. The van der Waals surface area contributed by atoms with Crippen LogP contribution in [0.2, 0.25) is 0 Å². The molecule has 0 saturated carbocycles. The summed E-state index contributed by atoms with van der Waals surface area (Å²) >= 11 is 0. The van der Waals surface area contributed by atoms with E-state index in [-0.39, 0.29) is 18.3 Å². The zero-order valence-electron chi connectivity index (χ0n) is 16.2. The van der Waals surface area contributed by atoms with E-state index in [2.05, 4.69) is 40.5 Å². The minimum absolute atomic E-state index is 0. The van der Waals surface area contributed by atoms with Gasteiger partial charge in [-0.15, -0.1) is 12.4 Å². The van der Waals surface area contributed by atoms with E-state index in [1.165, 1.54) is 31.5 Å². The van der Waals surface area contributed by atoms with Gasteiger partial charge in [0.05, 0.1) is 6.61 Å². The minimum Gasteiger partial charge on any atom is -0.493 e. The fourth-order valence-corrected chi connectivity index (χ4v) is 4.21. The van der Waals surface area contributed by atoms with Gasteiger partial charge in [0.15, 0.2) is 0 Å². The summed E-state index contributed by atoms with van der Waals surface area (Å²) in [4.78, 5) is 14.1. The monoisotopic (exact) mass is 400 g/mol. The van der Waals surface area contributed by atoms with E-state index in [9.17, 15) is 4.79 Å². The fourth-order valence-electron chi connectivity index (χ4n) is 4.21. The summed E-state index contributed by atoms with van der Waals surface area (Å²) in [6, 6.07) is 16.8. The Balaban J connectivity index is 0.00000225. The summed E-state index contributed by atoms with van der Waals surface area (Å²) in [5.74, 6) is 1.73. The molecule has 4 rings (SSSR count). The lowest BCUT2D eigenvalue weighted by atomic mass is 9.89. The van der Waals surface area contributed by atoms with E-state index in [1.807, 2.05) is 18.2 Å². The van der Waals surface area contributed by atoms with Crippen LogP contribution in [0.5, 0.6) is 5.75 Å². The zero-order valence-corrected chi connectivity index (χ0v) is 17.0. The van der Waals surface area contributed by atoms with Gasteiger partial charge in [0, 0.05) is 24.2 Å². The second-order valence-corrected chi connectivity index (χ2v) is 7.56. The molecule has 0 aromatic heterocycles. The molecule has 1 saturated heterocycles. The van der Waals surface area contributed by atoms with Crippen LogP contribution in [0.1, 0.15) is 42.7 Å². The molecule has 2 heterocycles. The number of carbonyl (C=O) groups excluding carboxylic acids is 1. The molecule has 2 aromatic carbocycles. The van der Waals surface area contributed by atoms with E-state index >= 15 is 0 Å². The summed E-state index contributed by atoms with van der Waals surface area (Å²) in [7, 11) is 0. The molecule has 0 radical (unpaired) electrons. The zero-order chi connectivity index (χ0) is 18.5. The fraction of sp³-hybridized carbons (Fsp3) is 0.435. The molecule has 2 aliphatic rings. The van der Waals surface area contributed by atoms with Crippen LogP contribution < -0.4 is 10.1 Å². The first-order valence-corrected chi connectivity index (χ1v) is 10.1. The number of fused-ring (bicyclic) bond motifs is 1. The Bertz CT molecular complexity index is 773. The van der Waals surface area contributed by atoms with Crippen molar-refractivity contribution in [2.24, 2.45) is 0 Å². The highest BCUT2D eigenvalue weighted by atomic mass is 35.5. The van der Waals surface area contributed by atoms with Crippen molar-refractivity contribution < 1.29 is 9.53 Å².